The van der Waals surface area contributed by atoms with Gasteiger partial charge in [-0.25, -0.2) is 4.79 Å². The predicted molar refractivity (Wildman–Crippen MR) is 146 cm³/mol. The molecule has 8 nitrogen and oxygen atoms in total. The van der Waals surface area contributed by atoms with Crippen molar-refractivity contribution in [2.24, 2.45) is 18.9 Å². The Morgan fingerprint density at radius 2 is 1.76 bits per heavy atom. The summed E-state index contributed by atoms with van der Waals surface area (Å²) in [4.78, 5) is 40.8. The van der Waals surface area contributed by atoms with Crippen molar-refractivity contribution in [1.29, 1.82) is 0 Å². The van der Waals surface area contributed by atoms with Gasteiger partial charge in [0, 0.05) is 35.3 Å². The van der Waals surface area contributed by atoms with E-state index in [4.69, 9.17) is 0 Å². The lowest BCUT2D eigenvalue weighted by molar-refractivity contribution is -0.123. The number of hydrogen-bond donors (Lipinski definition) is 2. The highest BCUT2D eigenvalue weighted by Crippen LogP contribution is 2.40. The van der Waals surface area contributed by atoms with E-state index in [-0.39, 0.29) is 28.7 Å². The molecule has 2 aromatic heterocycles. The van der Waals surface area contributed by atoms with Gasteiger partial charge < -0.3 is 15.3 Å². The Hall–Kier alpha value is -3.46. The van der Waals surface area contributed by atoms with Gasteiger partial charge in [-0.3, -0.25) is 14.3 Å². The molecular formula is C28H34N4O4S. The van der Waals surface area contributed by atoms with Gasteiger partial charge >= 0.3 is 5.97 Å². The molecule has 4 rings (SSSR count). The van der Waals surface area contributed by atoms with Crippen LogP contribution in [-0.2, 0) is 11.8 Å². The average molecular weight is 523 g/mol. The maximum Gasteiger partial charge on any atom is 0.348 e. The third-order valence-corrected chi connectivity index (χ3v) is 8.22. The van der Waals surface area contributed by atoms with E-state index in [9.17, 15) is 19.5 Å². The maximum atomic E-state index is 13.5. The minimum absolute atomic E-state index is 0.0107. The number of rotatable bonds is 7. The van der Waals surface area contributed by atoms with E-state index < -0.39 is 5.97 Å². The van der Waals surface area contributed by atoms with Crippen LogP contribution in [0.25, 0.3) is 10.4 Å². The van der Waals surface area contributed by atoms with E-state index in [1.54, 1.807) is 34.8 Å². The van der Waals surface area contributed by atoms with Crippen molar-refractivity contribution in [3.8, 4) is 10.4 Å². The quantitative estimate of drug-likeness (QED) is 0.397. The van der Waals surface area contributed by atoms with Gasteiger partial charge in [-0.2, -0.15) is 5.10 Å². The number of hydrogen-bond acceptors (Lipinski definition) is 5. The highest BCUT2D eigenvalue weighted by molar-refractivity contribution is 7.18. The lowest BCUT2D eigenvalue weighted by atomic mass is 9.82. The maximum absolute atomic E-state index is 13.5. The summed E-state index contributed by atoms with van der Waals surface area (Å²) >= 11 is 1.16. The van der Waals surface area contributed by atoms with Crippen LogP contribution in [0.2, 0.25) is 0 Å². The third kappa shape index (κ3) is 5.77. The van der Waals surface area contributed by atoms with Crippen LogP contribution in [0.3, 0.4) is 0 Å². The Bertz CT molecular complexity index is 1280. The summed E-state index contributed by atoms with van der Waals surface area (Å²) < 4.78 is 1.65. The molecule has 196 valence electrons. The highest BCUT2D eigenvalue weighted by atomic mass is 32.1. The minimum atomic E-state index is -1.04. The van der Waals surface area contributed by atoms with Crippen molar-refractivity contribution in [3.05, 3.63) is 52.7 Å². The van der Waals surface area contributed by atoms with Crippen molar-refractivity contribution in [2.45, 2.75) is 59.4 Å². The molecule has 1 fully saturated rings. The van der Waals surface area contributed by atoms with Crippen molar-refractivity contribution >= 4 is 40.5 Å². The second kappa shape index (κ2) is 10.9. The number of aryl methyl sites for hydroxylation is 2. The number of benzene rings is 1. The molecule has 0 aliphatic heterocycles. The monoisotopic (exact) mass is 522 g/mol. The molecule has 3 aromatic rings. The van der Waals surface area contributed by atoms with E-state index in [0.29, 0.717) is 23.0 Å². The molecule has 37 heavy (non-hydrogen) atoms. The number of carboxylic acids is 1. The Kier molecular flexibility index (Phi) is 7.82. The van der Waals surface area contributed by atoms with Crippen LogP contribution in [0, 0.1) is 18.8 Å². The Labute approximate surface area is 221 Å². The molecule has 0 radical (unpaired) electrons. The van der Waals surface area contributed by atoms with Crippen LogP contribution < -0.4 is 10.2 Å². The molecule has 2 amide bonds. The molecule has 0 unspecified atom stereocenters. The molecule has 0 bridgehead atoms. The first-order chi connectivity index (χ1) is 17.5. The molecule has 0 saturated heterocycles. The largest absolute Gasteiger partial charge is 0.477 e. The van der Waals surface area contributed by atoms with Gasteiger partial charge in [-0.05, 0) is 82.2 Å². The summed E-state index contributed by atoms with van der Waals surface area (Å²) in [5.74, 6) is -0.784. The second-order valence-corrected chi connectivity index (χ2v) is 11.3. The van der Waals surface area contributed by atoms with Crippen molar-refractivity contribution < 1.29 is 19.5 Å². The van der Waals surface area contributed by atoms with Gasteiger partial charge in [0.1, 0.15) is 4.88 Å². The van der Waals surface area contributed by atoms with E-state index in [1.165, 1.54) is 0 Å². The molecule has 1 aromatic carbocycles. The fraction of sp³-hybridized carbons (Fsp3) is 0.429. The molecule has 0 atom stereocenters. The summed E-state index contributed by atoms with van der Waals surface area (Å²) in [6.45, 7) is 7.94. The number of anilines is 2. The zero-order valence-electron chi connectivity index (χ0n) is 21.9. The van der Waals surface area contributed by atoms with Gasteiger partial charge in [0.2, 0.25) is 5.91 Å². The summed E-state index contributed by atoms with van der Waals surface area (Å²) in [7, 11) is 1.78. The number of carboxylic acid groups (broad SMARTS) is 1. The number of amides is 2. The van der Waals surface area contributed by atoms with Gasteiger partial charge in [0.25, 0.3) is 5.91 Å². The van der Waals surface area contributed by atoms with Gasteiger partial charge in [-0.15, -0.1) is 11.3 Å². The number of nitrogens with one attached hydrogen (secondary N) is 1. The van der Waals surface area contributed by atoms with Crippen LogP contribution >= 0.6 is 11.3 Å². The molecule has 0 spiro atoms. The second-order valence-electron chi connectivity index (χ2n) is 10.2. The fourth-order valence-electron chi connectivity index (χ4n) is 4.80. The van der Waals surface area contributed by atoms with Crippen molar-refractivity contribution in [2.75, 3.05) is 10.2 Å². The topological polar surface area (TPSA) is 105 Å². The lowest BCUT2D eigenvalue weighted by Gasteiger charge is -2.33. The molecule has 1 aliphatic rings. The number of aromatic nitrogens is 2. The Morgan fingerprint density at radius 3 is 2.30 bits per heavy atom. The van der Waals surface area contributed by atoms with E-state index >= 15 is 0 Å². The zero-order valence-corrected chi connectivity index (χ0v) is 22.8. The normalized spacial score (nSPS) is 17.6. The van der Waals surface area contributed by atoms with Crippen LogP contribution in [0.5, 0.6) is 0 Å². The smallest absolute Gasteiger partial charge is 0.348 e. The molecule has 2 heterocycles. The molecular weight excluding hydrogens is 488 g/mol. The van der Waals surface area contributed by atoms with Gasteiger partial charge in [-0.1, -0.05) is 19.1 Å². The average Bonchev–Trinajstić information content (AvgIpc) is 3.43. The number of carbonyl (C=O) groups is 3. The molecule has 9 heteroatoms. The standard InChI is InChI=1S/C28H34N4O4S/c1-16(2)32(27(34)20-8-6-17(3)7-9-20)23-15-24(37-25(23)28(35)36)19-10-12-21(13-11-19)29-26(33)22-14-18(4)31(5)30-22/h10-17,20H,6-9H2,1-5H3,(H,29,33)(H,35,36)/t17-,20-. The minimum Gasteiger partial charge on any atom is -0.477 e. The zero-order chi connectivity index (χ0) is 26.9. The predicted octanol–water partition coefficient (Wildman–Crippen LogP) is 5.98. The molecule has 2 N–H and O–H groups in total. The number of aromatic carboxylic acids is 1. The highest BCUT2D eigenvalue weighted by Gasteiger charge is 2.33. The van der Waals surface area contributed by atoms with Crippen LogP contribution in [0.15, 0.2) is 36.4 Å². The number of carbonyl (C=O) groups excluding carboxylic acids is 2. The third-order valence-electron chi connectivity index (χ3n) is 7.06. The summed E-state index contributed by atoms with van der Waals surface area (Å²) in [6, 6.07) is 10.6. The molecule has 1 aliphatic carbocycles. The van der Waals surface area contributed by atoms with E-state index in [1.807, 2.05) is 39.0 Å². The first-order valence-corrected chi connectivity index (χ1v) is 13.5. The summed E-state index contributed by atoms with van der Waals surface area (Å²) in [5, 5.41) is 17.0. The first-order valence-electron chi connectivity index (χ1n) is 12.7. The Balaban J connectivity index is 1.58. The van der Waals surface area contributed by atoms with Crippen molar-refractivity contribution in [1.82, 2.24) is 9.78 Å². The number of nitrogens with zero attached hydrogens (tertiary/aromatic N) is 3. The van der Waals surface area contributed by atoms with Gasteiger partial charge in [0.05, 0.1) is 5.69 Å². The van der Waals surface area contributed by atoms with Crippen LogP contribution in [0.1, 0.15) is 72.3 Å². The summed E-state index contributed by atoms with van der Waals surface area (Å²) in [6.07, 6.45) is 3.72. The lowest BCUT2D eigenvalue weighted by Crippen LogP contribution is -2.42. The fourth-order valence-corrected chi connectivity index (χ4v) is 5.79. The first kappa shape index (κ1) is 26.6. The van der Waals surface area contributed by atoms with Gasteiger partial charge in [0.15, 0.2) is 5.69 Å². The summed E-state index contributed by atoms with van der Waals surface area (Å²) in [5.41, 5.74) is 3.10. The van der Waals surface area contributed by atoms with Crippen LogP contribution in [-0.4, -0.2) is 38.7 Å². The van der Waals surface area contributed by atoms with Crippen LogP contribution in [0.4, 0.5) is 11.4 Å². The van der Waals surface area contributed by atoms with Crippen molar-refractivity contribution in [3.63, 3.8) is 0 Å². The number of thiophene rings is 1. The Morgan fingerprint density at radius 1 is 1.11 bits per heavy atom. The SMILES string of the molecule is Cc1cc(C(=O)Nc2ccc(-c3cc(N(C(=O)[C@H]4CC[C@H](C)CC4)C(C)C)c(C(=O)O)s3)cc2)nn1C. The molecule has 1 saturated carbocycles. The van der Waals surface area contributed by atoms with E-state index in [2.05, 4.69) is 17.3 Å². The van der Waals surface area contributed by atoms with E-state index in [0.717, 1.165) is 53.2 Å².